The number of aromatic amines is 2. The predicted molar refractivity (Wildman–Crippen MR) is 104 cm³/mol. The van der Waals surface area contributed by atoms with Crippen molar-refractivity contribution in [1.29, 1.82) is 0 Å². The van der Waals surface area contributed by atoms with Crippen LogP contribution in [0.15, 0.2) is 53.6 Å². The number of H-pyrrole nitrogens is 2. The van der Waals surface area contributed by atoms with E-state index in [9.17, 15) is 4.79 Å². The van der Waals surface area contributed by atoms with Gasteiger partial charge in [-0.3, -0.25) is 9.89 Å². The van der Waals surface area contributed by atoms with Crippen molar-refractivity contribution in [3.8, 4) is 11.1 Å². The quantitative estimate of drug-likeness (QED) is 0.523. The third-order valence-electron chi connectivity index (χ3n) is 4.43. The van der Waals surface area contributed by atoms with Gasteiger partial charge in [0.1, 0.15) is 0 Å². The van der Waals surface area contributed by atoms with Crippen molar-refractivity contribution in [1.82, 2.24) is 20.2 Å². The van der Waals surface area contributed by atoms with E-state index in [4.69, 9.17) is 0 Å². The monoisotopic (exact) mass is 345 g/mol. The summed E-state index contributed by atoms with van der Waals surface area (Å²) in [6.45, 7) is 4.03. The molecule has 0 fully saturated rings. The Bertz CT molecular complexity index is 1140. The average molecular weight is 345 g/mol. The molecule has 0 unspecified atom stereocenters. The van der Waals surface area contributed by atoms with Gasteiger partial charge in [0.05, 0.1) is 23.0 Å². The summed E-state index contributed by atoms with van der Waals surface area (Å²) in [7, 11) is 0. The van der Waals surface area contributed by atoms with E-state index in [-0.39, 0.29) is 5.56 Å². The number of nitrogens with one attached hydrogen (secondary N) is 3. The summed E-state index contributed by atoms with van der Waals surface area (Å²) in [5, 5.41) is 11.3. The Morgan fingerprint density at radius 1 is 1.15 bits per heavy atom. The van der Waals surface area contributed by atoms with Crippen LogP contribution < -0.4 is 10.9 Å². The van der Waals surface area contributed by atoms with E-state index < -0.39 is 0 Å². The summed E-state index contributed by atoms with van der Waals surface area (Å²) in [4.78, 5) is 19.9. The topological polar surface area (TPSA) is 86.5 Å². The lowest BCUT2D eigenvalue weighted by molar-refractivity contribution is 1.02. The van der Waals surface area contributed by atoms with E-state index in [1.807, 2.05) is 50.2 Å². The van der Waals surface area contributed by atoms with Crippen LogP contribution in [0.1, 0.15) is 18.2 Å². The first-order valence-corrected chi connectivity index (χ1v) is 8.54. The molecule has 0 saturated carbocycles. The van der Waals surface area contributed by atoms with Crippen LogP contribution in [0.5, 0.6) is 0 Å². The largest absolute Gasteiger partial charge is 0.353 e. The highest BCUT2D eigenvalue weighted by Crippen LogP contribution is 2.28. The molecule has 0 amide bonds. The number of hydrogen-bond donors (Lipinski definition) is 3. The summed E-state index contributed by atoms with van der Waals surface area (Å²) < 4.78 is 0. The van der Waals surface area contributed by atoms with Gasteiger partial charge in [-0.25, -0.2) is 4.98 Å². The maximum atomic E-state index is 12.6. The Morgan fingerprint density at radius 2 is 2.04 bits per heavy atom. The van der Waals surface area contributed by atoms with Crippen molar-refractivity contribution in [3.63, 3.8) is 0 Å². The van der Waals surface area contributed by atoms with Crippen LogP contribution in [0.3, 0.4) is 0 Å². The molecule has 3 aromatic heterocycles. The Kier molecular flexibility index (Phi) is 4.01. The van der Waals surface area contributed by atoms with Crippen molar-refractivity contribution in [2.24, 2.45) is 0 Å². The van der Waals surface area contributed by atoms with Crippen molar-refractivity contribution in [3.05, 3.63) is 70.4 Å². The van der Waals surface area contributed by atoms with Gasteiger partial charge in [-0.05, 0) is 31.0 Å². The minimum atomic E-state index is -0.0822. The van der Waals surface area contributed by atoms with E-state index in [1.165, 1.54) is 0 Å². The number of aryl methyl sites for hydroxylation is 2. The third-order valence-corrected chi connectivity index (χ3v) is 4.43. The Hall–Kier alpha value is -3.41. The number of hydrogen-bond acceptors (Lipinski definition) is 4. The fraction of sp³-hybridized carbons (Fsp3) is 0.150. The molecule has 0 aliphatic carbocycles. The molecule has 3 N–H and O–H groups in total. The molecule has 0 aliphatic rings. The first-order chi connectivity index (χ1) is 12.7. The maximum absolute atomic E-state index is 12.6. The third kappa shape index (κ3) is 2.86. The van der Waals surface area contributed by atoms with Crippen molar-refractivity contribution >= 4 is 22.4 Å². The first kappa shape index (κ1) is 16.1. The Balaban J connectivity index is 1.84. The van der Waals surface area contributed by atoms with Crippen LogP contribution in [0.2, 0.25) is 0 Å². The van der Waals surface area contributed by atoms with E-state index in [1.54, 1.807) is 12.4 Å². The first-order valence-electron chi connectivity index (χ1n) is 8.54. The summed E-state index contributed by atoms with van der Waals surface area (Å²) in [5.41, 5.74) is 5.92. The predicted octanol–water partition coefficient (Wildman–Crippen LogP) is 3.93. The lowest BCUT2D eigenvalue weighted by atomic mass is 10.0. The van der Waals surface area contributed by atoms with Crippen LogP contribution in [0, 0.1) is 6.92 Å². The normalized spacial score (nSPS) is 11.0. The SMILES string of the molecule is CCc1[nH]c(=O)c(-c2cccc(C)c2)cc1Nc1ccnc2[nH]ncc12. The molecular weight excluding hydrogens is 326 g/mol. The molecule has 6 heteroatoms. The summed E-state index contributed by atoms with van der Waals surface area (Å²) >= 11 is 0. The molecule has 4 rings (SSSR count). The molecule has 26 heavy (non-hydrogen) atoms. The van der Waals surface area contributed by atoms with Crippen molar-refractivity contribution in [2.75, 3.05) is 5.32 Å². The van der Waals surface area contributed by atoms with Gasteiger partial charge < -0.3 is 10.3 Å². The standard InChI is InChI=1S/C20H19N5O/c1-3-16-18(23-17-7-8-21-19-15(17)11-22-25-19)10-14(20(26)24-16)13-6-4-5-12(2)9-13/h4-11H,3H2,1-2H3,(H,24,26)(H2,21,22,23,25). The second-order valence-corrected chi connectivity index (χ2v) is 6.24. The number of anilines is 2. The highest BCUT2D eigenvalue weighted by molar-refractivity contribution is 5.90. The number of benzene rings is 1. The van der Waals surface area contributed by atoms with Gasteiger partial charge in [-0.2, -0.15) is 5.10 Å². The zero-order chi connectivity index (χ0) is 18.1. The molecule has 4 aromatic rings. The number of fused-ring (bicyclic) bond motifs is 1. The van der Waals surface area contributed by atoms with Crippen molar-refractivity contribution in [2.45, 2.75) is 20.3 Å². The minimum Gasteiger partial charge on any atom is -0.353 e. The van der Waals surface area contributed by atoms with Gasteiger partial charge in [0, 0.05) is 17.5 Å². The lowest BCUT2D eigenvalue weighted by Crippen LogP contribution is -2.13. The zero-order valence-electron chi connectivity index (χ0n) is 14.6. The molecule has 0 atom stereocenters. The lowest BCUT2D eigenvalue weighted by Gasteiger charge is -2.13. The van der Waals surface area contributed by atoms with E-state index >= 15 is 0 Å². The van der Waals surface area contributed by atoms with E-state index in [2.05, 4.69) is 25.5 Å². The maximum Gasteiger partial charge on any atom is 0.256 e. The zero-order valence-corrected chi connectivity index (χ0v) is 14.6. The van der Waals surface area contributed by atoms with Crippen LogP contribution in [0.25, 0.3) is 22.2 Å². The number of rotatable bonds is 4. The van der Waals surface area contributed by atoms with Crippen LogP contribution in [-0.4, -0.2) is 20.2 Å². The van der Waals surface area contributed by atoms with Crippen LogP contribution >= 0.6 is 0 Å². The van der Waals surface area contributed by atoms with Gasteiger partial charge in [-0.15, -0.1) is 0 Å². The average Bonchev–Trinajstić information content (AvgIpc) is 3.12. The summed E-state index contributed by atoms with van der Waals surface area (Å²) in [6, 6.07) is 11.8. The van der Waals surface area contributed by atoms with Gasteiger partial charge in [0.15, 0.2) is 5.65 Å². The number of pyridine rings is 2. The molecule has 130 valence electrons. The Labute approximate surface area is 150 Å². The van der Waals surface area contributed by atoms with Gasteiger partial charge in [-0.1, -0.05) is 36.8 Å². The molecule has 3 heterocycles. The molecule has 0 aliphatic heterocycles. The smallest absolute Gasteiger partial charge is 0.256 e. The fourth-order valence-corrected chi connectivity index (χ4v) is 3.09. The number of nitrogens with zero attached hydrogens (tertiary/aromatic N) is 2. The highest BCUT2D eigenvalue weighted by Gasteiger charge is 2.12. The van der Waals surface area contributed by atoms with Crippen LogP contribution in [0.4, 0.5) is 11.4 Å². The summed E-state index contributed by atoms with van der Waals surface area (Å²) in [6.07, 6.45) is 4.18. The molecule has 0 bridgehead atoms. The van der Waals surface area contributed by atoms with Gasteiger partial charge >= 0.3 is 0 Å². The van der Waals surface area contributed by atoms with Gasteiger partial charge in [0.2, 0.25) is 0 Å². The summed E-state index contributed by atoms with van der Waals surface area (Å²) in [5.74, 6) is 0. The van der Waals surface area contributed by atoms with Gasteiger partial charge in [0.25, 0.3) is 5.56 Å². The van der Waals surface area contributed by atoms with Crippen molar-refractivity contribution < 1.29 is 0 Å². The molecule has 6 nitrogen and oxygen atoms in total. The fourth-order valence-electron chi connectivity index (χ4n) is 3.09. The minimum absolute atomic E-state index is 0.0822. The molecule has 0 radical (unpaired) electrons. The molecular formula is C20H19N5O. The van der Waals surface area contributed by atoms with Crippen LogP contribution in [-0.2, 0) is 6.42 Å². The highest BCUT2D eigenvalue weighted by atomic mass is 16.1. The van der Waals surface area contributed by atoms with E-state index in [0.717, 1.165) is 39.2 Å². The van der Waals surface area contributed by atoms with E-state index in [0.29, 0.717) is 12.0 Å². The number of aromatic nitrogens is 4. The second-order valence-electron chi connectivity index (χ2n) is 6.24. The molecule has 0 spiro atoms. The Morgan fingerprint density at radius 3 is 2.85 bits per heavy atom. The molecule has 1 aromatic carbocycles. The second kappa shape index (κ2) is 6.48. The molecule has 0 saturated heterocycles.